The van der Waals surface area contributed by atoms with Crippen molar-refractivity contribution in [3.05, 3.63) is 0 Å². The highest BCUT2D eigenvalue weighted by atomic mass is 16.5. The van der Waals surface area contributed by atoms with Gasteiger partial charge in [-0.15, -0.1) is 0 Å². The highest BCUT2D eigenvalue weighted by Crippen LogP contribution is 2.00. The van der Waals surface area contributed by atoms with E-state index in [2.05, 4.69) is 17.0 Å². The maximum atomic E-state index is 11.8. The summed E-state index contributed by atoms with van der Waals surface area (Å²) in [5.74, 6) is -2.08. The summed E-state index contributed by atoms with van der Waals surface area (Å²) in [5, 5.41) is 2.23. The molecular formula is C14H25N3O6. The van der Waals surface area contributed by atoms with Gasteiger partial charge in [-0.1, -0.05) is 26.2 Å². The van der Waals surface area contributed by atoms with Crippen molar-refractivity contribution in [1.82, 2.24) is 10.2 Å². The molecule has 0 radical (unpaired) electrons. The molecule has 0 bridgehead atoms. The molecule has 0 atom stereocenters. The van der Waals surface area contributed by atoms with E-state index in [0.29, 0.717) is 0 Å². The first-order chi connectivity index (χ1) is 10.9. The third-order valence-corrected chi connectivity index (χ3v) is 2.83. The second-order valence-electron chi connectivity index (χ2n) is 4.84. The minimum Gasteiger partial charge on any atom is -0.468 e. The average molecular weight is 331 g/mol. The number of unbranched alkanes of at least 4 members (excludes halogenated alkanes) is 3. The second kappa shape index (κ2) is 12.2. The highest BCUT2D eigenvalue weighted by molar-refractivity contribution is 5.87. The summed E-state index contributed by atoms with van der Waals surface area (Å²) in [4.78, 5) is 46.3. The van der Waals surface area contributed by atoms with Gasteiger partial charge in [0, 0.05) is 0 Å². The van der Waals surface area contributed by atoms with Gasteiger partial charge in [0.1, 0.15) is 19.6 Å². The Morgan fingerprint density at radius 1 is 1.04 bits per heavy atom. The predicted octanol–water partition coefficient (Wildman–Crippen LogP) is -0.220. The third kappa shape index (κ3) is 11.0. The van der Waals surface area contributed by atoms with Crippen LogP contribution in [0.5, 0.6) is 0 Å². The molecule has 0 spiro atoms. The van der Waals surface area contributed by atoms with Crippen LogP contribution in [0.3, 0.4) is 0 Å². The van der Waals surface area contributed by atoms with Gasteiger partial charge in [-0.25, -0.2) is 4.79 Å². The Labute approximate surface area is 135 Å². The van der Waals surface area contributed by atoms with Crippen LogP contribution >= 0.6 is 0 Å². The number of amides is 3. The van der Waals surface area contributed by atoms with Crippen LogP contribution < -0.4 is 11.1 Å². The number of methoxy groups -OCH3 is 1. The summed E-state index contributed by atoms with van der Waals surface area (Å²) < 4.78 is 9.37. The summed E-state index contributed by atoms with van der Waals surface area (Å²) in [6.45, 7) is 1.06. The number of rotatable bonds is 11. The van der Waals surface area contributed by atoms with Crippen molar-refractivity contribution in [1.29, 1.82) is 0 Å². The zero-order valence-corrected chi connectivity index (χ0v) is 13.6. The van der Waals surface area contributed by atoms with E-state index in [0.717, 1.165) is 30.6 Å². The van der Waals surface area contributed by atoms with E-state index in [1.165, 1.54) is 7.11 Å². The van der Waals surface area contributed by atoms with Crippen molar-refractivity contribution >= 4 is 23.9 Å². The Bertz CT molecular complexity index is 413. The average Bonchev–Trinajstić information content (AvgIpc) is 2.50. The predicted molar refractivity (Wildman–Crippen MR) is 81.3 cm³/mol. The van der Waals surface area contributed by atoms with E-state index in [1.54, 1.807) is 0 Å². The monoisotopic (exact) mass is 331 g/mol. The number of nitrogens with two attached hydrogens (primary N) is 1. The van der Waals surface area contributed by atoms with Crippen LogP contribution in [0.25, 0.3) is 0 Å². The third-order valence-electron chi connectivity index (χ3n) is 2.83. The van der Waals surface area contributed by atoms with Gasteiger partial charge in [-0.05, 0) is 6.42 Å². The van der Waals surface area contributed by atoms with Crippen LogP contribution in [0.1, 0.15) is 32.6 Å². The molecule has 9 heteroatoms. The van der Waals surface area contributed by atoms with Crippen molar-refractivity contribution in [3.8, 4) is 0 Å². The number of carbonyl (C=O) groups is 4. The van der Waals surface area contributed by atoms with Gasteiger partial charge < -0.3 is 25.4 Å². The fourth-order valence-corrected chi connectivity index (χ4v) is 1.64. The van der Waals surface area contributed by atoms with Crippen LogP contribution in [-0.2, 0) is 23.9 Å². The molecule has 132 valence electrons. The standard InChI is InChI=1S/C14H25N3O6/c1-3-4-5-6-7-23-13(20)10-17(9-11(15)18)14(21)16-8-12(19)22-2/h3-10H2,1-2H3,(H2,15,18)(H,16,21). The van der Waals surface area contributed by atoms with Crippen molar-refractivity contribution in [2.75, 3.05) is 33.4 Å². The van der Waals surface area contributed by atoms with Crippen molar-refractivity contribution in [3.63, 3.8) is 0 Å². The molecule has 23 heavy (non-hydrogen) atoms. The molecular weight excluding hydrogens is 306 g/mol. The number of urea groups is 1. The van der Waals surface area contributed by atoms with Crippen LogP contribution in [0.15, 0.2) is 0 Å². The summed E-state index contributed by atoms with van der Waals surface area (Å²) in [7, 11) is 1.17. The molecule has 0 heterocycles. The SMILES string of the molecule is CCCCCCOC(=O)CN(CC(N)=O)C(=O)NCC(=O)OC. The molecule has 3 N–H and O–H groups in total. The van der Waals surface area contributed by atoms with Gasteiger partial charge in [0.15, 0.2) is 0 Å². The lowest BCUT2D eigenvalue weighted by molar-refractivity contribution is -0.144. The Hall–Kier alpha value is -2.32. The zero-order chi connectivity index (χ0) is 17.7. The van der Waals surface area contributed by atoms with E-state index in [9.17, 15) is 19.2 Å². The smallest absolute Gasteiger partial charge is 0.325 e. The molecule has 0 saturated heterocycles. The van der Waals surface area contributed by atoms with Crippen LogP contribution in [0, 0.1) is 0 Å². The summed E-state index contributed by atoms with van der Waals surface area (Å²) in [6, 6.07) is -0.780. The van der Waals surface area contributed by atoms with Gasteiger partial charge >= 0.3 is 18.0 Å². The fraction of sp³-hybridized carbons (Fsp3) is 0.714. The van der Waals surface area contributed by atoms with Gasteiger partial charge in [0.25, 0.3) is 0 Å². The van der Waals surface area contributed by atoms with E-state index >= 15 is 0 Å². The summed E-state index contributed by atoms with van der Waals surface area (Å²) in [5.41, 5.74) is 5.04. The lowest BCUT2D eigenvalue weighted by Gasteiger charge is -2.20. The number of hydrogen-bond donors (Lipinski definition) is 2. The number of ether oxygens (including phenoxy) is 2. The molecule has 0 aromatic carbocycles. The fourth-order valence-electron chi connectivity index (χ4n) is 1.64. The van der Waals surface area contributed by atoms with E-state index in [-0.39, 0.29) is 13.2 Å². The lowest BCUT2D eigenvalue weighted by atomic mass is 10.2. The van der Waals surface area contributed by atoms with Crippen LogP contribution in [-0.4, -0.2) is 62.1 Å². The van der Waals surface area contributed by atoms with E-state index in [1.807, 2.05) is 0 Å². The lowest BCUT2D eigenvalue weighted by Crippen LogP contribution is -2.48. The van der Waals surface area contributed by atoms with Crippen molar-refractivity contribution < 1.29 is 28.7 Å². The minimum absolute atomic E-state index is 0.257. The van der Waals surface area contributed by atoms with E-state index < -0.39 is 37.0 Å². The number of primary amides is 1. The highest BCUT2D eigenvalue weighted by Gasteiger charge is 2.20. The quantitative estimate of drug-likeness (QED) is 0.398. The number of hydrogen-bond acceptors (Lipinski definition) is 6. The number of esters is 2. The van der Waals surface area contributed by atoms with E-state index in [4.69, 9.17) is 10.5 Å². The van der Waals surface area contributed by atoms with Crippen LogP contribution in [0.4, 0.5) is 4.79 Å². The Morgan fingerprint density at radius 3 is 2.30 bits per heavy atom. The van der Waals surface area contributed by atoms with Gasteiger partial charge in [-0.2, -0.15) is 0 Å². The molecule has 0 aromatic heterocycles. The maximum absolute atomic E-state index is 11.8. The zero-order valence-electron chi connectivity index (χ0n) is 13.6. The van der Waals surface area contributed by atoms with Gasteiger partial charge in [0.05, 0.1) is 13.7 Å². The van der Waals surface area contributed by atoms with Crippen molar-refractivity contribution in [2.24, 2.45) is 5.73 Å². The molecule has 0 unspecified atom stereocenters. The largest absolute Gasteiger partial charge is 0.468 e. The number of nitrogens with one attached hydrogen (secondary N) is 1. The summed E-state index contributed by atoms with van der Waals surface area (Å²) in [6.07, 6.45) is 3.82. The first-order valence-electron chi connectivity index (χ1n) is 7.44. The molecule has 0 saturated carbocycles. The van der Waals surface area contributed by atoms with Crippen molar-refractivity contribution in [2.45, 2.75) is 32.6 Å². The first kappa shape index (κ1) is 20.7. The molecule has 0 aromatic rings. The Morgan fingerprint density at radius 2 is 1.74 bits per heavy atom. The second-order valence-corrected chi connectivity index (χ2v) is 4.84. The van der Waals surface area contributed by atoms with Gasteiger partial charge in [-0.3, -0.25) is 14.4 Å². The molecule has 3 amide bonds. The van der Waals surface area contributed by atoms with Gasteiger partial charge in [0.2, 0.25) is 5.91 Å². The number of nitrogens with zero attached hydrogens (tertiary/aromatic N) is 1. The molecule has 9 nitrogen and oxygen atoms in total. The molecule has 0 fully saturated rings. The Kier molecular flexibility index (Phi) is 11.0. The number of carbonyl (C=O) groups excluding carboxylic acids is 4. The first-order valence-corrected chi connectivity index (χ1v) is 7.44. The topological polar surface area (TPSA) is 128 Å². The maximum Gasteiger partial charge on any atom is 0.325 e. The molecule has 0 rings (SSSR count). The van der Waals surface area contributed by atoms with Crippen LogP contribution in [0.2, 0.25) is 0 Å². The summed E-state index contributed by atoms with van der Waals surface area (Å²) >= 11 is 0. The molecule has 0 aliphatic heterocycles. The molecule has 0 aliphatic rings. The minimum atomic E-state index is -0.783. The normalized spacial score (nSPS) is 9.83. The Balaban J connectivity index is 4.31. The molecule has 0 aliphatic carbocycles.